The maximum absolute atomic E-state index is 16.1. The van der Waals surface area contributed by atoms with Gasteiger partial charge in [-0.05, 0) is 86.3 Å². The van der Waals surface area contributed by atoms with Gasteiger partial charge in [0.2, 0.25) is 15.9 Å². The molecule has 40 heavy (non-hydrogen) atoms. The number of halogens is 4. The number of nitrogens with zero attached hydrogens (tertiary/aromatic N) is 1. The van der Waals surface area contributed by atoms with Gasteiger partial charge in [0.25, 0.3) is 5.92 Å². The molecule has 11 heteroatoms. The fraction of sp³-hybridized carbons (Fsp3) is 0.345. The molecule has 0 bridgehead atoms. The zero-order valence-corrected chi connectivity index (χ0v) is 24.4. The molecule has 1 heterocycles. The van der Waals surface area contributed by atoms with Crippen molar-refractivity contribution in [3.05, 3.63) is 88.6 Å². The summed E-state index contributed by atoms with van der Waals surface area (Å²) in [6.07, 6.45) is 2.47. The van der Waals surface area contributed by atoms with E-state index < -0.39 is 39.3 Å². The van der Waals surface area contributed by atoms with Gasteiger partial charge in [0.1, 0.15) is 17.3 Å². The Morgan fingerprint density at radius 3 is 1.95 bits per heavy atom. The van der Waals surface area contributed by atoms with Crippen molar-refractivity contribution in [1.82, 2.24) is 9.62 Å². The first kappa shape index (κ1) is 30.1. The Hall–Kier alpha value is -2.89. The summed E-state index contributed by atoms with van der Waals surface area (Å²) in [4.78, 5) is 15.0. The number of nitrogens with one attached hydrogen (secondary N) is 1. The third kappa shape index (κ3) is 6.53. The number of hydrogen-bond acceptors (Lipinski definition) is 4. The third-order valence-electron chi connectivity index (χ3n) is 7.11. The molecule has 1 fully saturated rings. The number of amides is 1. The van der Waals surface area contributed by atoms with Crippen LogP contribution in [0.4, 0.5) is 13.2 Å². The molecule has 6 nitrogen and oxygen atoms in total. The van der Waals surface area contributed by atoms with E-state index in [1.165, 1.54) is 77.7 Å². The topological polar surface area (TPSA) is 75.7 Å². The summed E-state index contributed by atoms with van der Waals surface area (Å²) in [7, 11) is -4.57. The molecule has 1 aliphatic heterocycles. The second-order valence-electron chi connectivity index (χ2n) is 9.66. The van der Waals surface area contributed by atoms with Crippen LogP contribution in [0.5, 0.6) is 11.5 Å². The van der Waals surface area contributed by atoms with Gasteiger partial charge >= 0.3 is 0 Å². The van der Waals surface area contributed by atoms with E-state index in [-0.39, 0.29) is 22.7 Å². The number of likely N-dealkylation sites (tertiary alicyclic amines) is 1. The lowest BCUT2D eigenvalue weighted by Gasteiger charge is -2.36. The normalized spacial score (nSPS) is 18.5. The van der Waals surface area contributed by atoms with Gasteiger partial charge in [0.05, 0.1) is 4.90 Å². The molecule has 3 atom stereocenters. The van der Waals surface area contributed by atoms with Crippen LogP contribution in [0.3, 0.4) is 0 Å². The Bertz CT molecular complexity index is 1410. The number of carbonyl (C=O) groups is 1. The smallest absolute Gasteiger partial charge is 0.298 e. The van der Waals surface area contributed by atoms with Gasteiger partial charge in [-0.15, -0.1) is 0 Å². The number of carbonyl (C=O) groups excluding carboxylic acids is 1. The lowest BCUT2D eigenvalue weighted by atomic mass is 9.99. The second kappa shape index (κ2) is 12.3. The highest BCUT2D eigenvalue weighted by molar-refractivity contribution is 9.10. The summed E-state index contributed by atoms with van der Waals surface area (Å²) >= 11 is 3.22. The maximum Gasteiger partial charge on any atom is 0.298 e. The molecule has 0 spiro atoms. The van der Waals surface area contributed by atoms with Gasteiger partial charge < -0.3 is 9.64 Å². The van der Waals surface area contributed by atoms with E-state index in [1.54, 1.807) is 0 Å². The zero-order valence-electron chi connectivity index (χ0n) is 22.0. The zero-order chi connectivity index (χ0) is 29.1. The van der Waals surface area contributed by atoms with E-state index in [1.807, 2.05) is 18.6 Å². The van der Waals surface area contributed by atoms with Crippen LogP contribution in [0, 0.1) is 5.82 Å². The van der Waals surface area contributed by atoms with Gasteiger partial charge in [-0.3, -0.25) is 4.79 Å². The van der Waals surface area contributed by atoms with E-state index in [0.29, 0.717) is 35.9 Å². The SMILES string of the molecule is CCC1CCC(CC)N1C(=O)C(NS(=O)(=O)c1ccc(Oc2ccc(F)cc2)cc1)C(F)(F)c1ccc(Br)cc1. The molecule has 4 rings (SSSR count). The highest BCUT2D eigenvalue weighted by Crippen LogP contribution is 2.37. The van der Waals surface area contributed by atoms with E-state index in [0.717, 1.165) is 0 Å². The van der Waals surface area contributed by atoms with Gasteiger partial charge in [0.15, 0.2) is 6.04 Å². The molecule has 214 valence electrons. The first-order valence-corrected chi connectivity index (χ1v) is 15.3. The molecule has 3 aromatic carbocycles. The number of benzene rings is 3. The minimum atomic E-state index is -4.57. The van der Waals surface area contributed by atoms with Gasteiger partial charge in [-0.1, -0.05) is 41.9 Å². The Morgan fingerprint density at radius 1 is 0.950 bits per heavy atom. The van der Waals surface area contributed by atoms with Crippen molar-refractivity contribution >= 4 is 31.9 Å². The Labute approximate surface area is 240 Å². The number of ether oxygens (including phenoxy) is 1. The number of rotatable bonds is 10. The van der Waals surface area contributed by atoms with Crippen molar-refractivity contribution in [2.75, 3.05) is 0 Å². The van der Waals surface area contributed by atoms with E-state index in [2.05, 4.69) is 15.9 Å². The number of sulfonamides is 1. The average molecular weight is 640 g/mol. The van der Waals surface area contributed by atoms with Crippen LogP contribution >= 0.6 is 15.9 Å². The Morgan fingerprint density at radius 2 is 1.45 bits per heavy atom. The van der Waals surface area contributed by atoms with Crippen LogP contribution < -0.4 is 9.46 Å². The summed E-state index contributed by atoms with van der Waals surface area (Å²) in [6, 6.07) is 12.6. The minimum absolute atomic E-state index is 0.256. The van der Waals surface area contributed by atoms with Crippen molar-refractivity contribution in [2.24, 2.45) is 0 Å². The highest BCUT2D eigenvalue weighted by Gasteiger charge is 2.52. The fourth-order valence-corrected chi connectivity index (χ4v) is 6.39. The summed E-state index contributed by atoms with van der Waals surface area (Å²) in [5.74, 6) is -4.66. The molecule has 1 aliphatic rings. The van der Waals surface area contributed by atoms with E-state index in [4.69, 9.17) is 4.74 Å². The number of alkyl halides is 2. The lowest BCUT2D eigenvalue weighted by molar-refractivity contribution is -0.147. The molecule has 3 aromatic rings. The monoisotopic (exact) mass is 638 g/mol. The molecular weight excluding hydrogens is 609 g/mol. The third-order valence-corrected chi connectivity index (χ3v) is 9.08. The average Bonchev–Trinajstić information content (AvgIpc) is 3.36. The first-order valence-electron chi connectivity index (χ1n) is 13.0. The Balaban J connectivity index is 1.66. The minimum Gasteiger partial charge on any atom is -0.457 e. The van der Waals surface area contributed by atoms with Gasteiger partial charge in [-0.25, -0.2) is 12.8 Å². The lowest BCUT2D eigenvalue weighted by Crippen LogP contribution is -2.58. The van der Waals surface area contributed by atoms with Crippen molar-refractivity contribution in [3.63, 3.8) is 0 Å². The molecule has 1 saturated heterocycles. The fourth-order valence-electron chi connectivity index (χ4n) is 4.94. The molecule has 1 amide bonds. The summed E-state index contributed by atoms with van der Waals surface area (Å²) in [5.41, 5.74) is -0.486. The molecular formula is C29H30BrF3N2O4S. The highest BCUT2D eigenvalue weighted by atomic mass is 79.9. The van der Waals surface area contributed by atoms with E-state index in [9.17, 15) is 17.6 Å². The standard InChI is InChI=1S/C29H30BrF3N2O4S/c1-3-22-11-12-23(4-2)35(22)28(36)27(29(32,33)19-5-7-20(30)8-6-19)34-40(37,38)26-17-15-25(16-18-26)39-24-13-9-21(31)10-14-24/h5-10,13-18,22-23,27,34H,3-4,11-12H2,1-2H3. The molecule has 1 N–H and O–H groups in total. The number of hydrogen-bond donors (Lipinski definition) is 1. The quantitative estimate of drug-likeness (QED) is 0.259. The molecule has 0 aliphatic carbocycles. The van der Waals surface area contributed by atoms with Crippen molar-refractivity contribution < 1.29 is 31.1 Å². The van der Waals surface area contributed by atoms with Crippen LogP contribution in [0.25, 0.3) is 0 Å². The van der Waals surface area contributed by atoms with Crippen LogP contribution in [0.1, 0.15) is 45.1 Å². The summed E-state index contributed by atoms with van der Waals surface area (Å²) < 4.78 is 80.3. The predicted octanol–water partition coefficient (Wildman–Crippen LogP) is 7.00. The van der Waals surface area contributed by atoms with Crippen LogP contribution in [0.2, 0.25) is 0 Å². The predicted molar refractivity (Wildman–Crippen MR) is 149 cm³/mol. The summed E-state index contributed by atoms with van der Waals surface area (Å²) in [5, 5.41) is 0. The second-order valence-corrected chi connectivity index (χ2v) is 12.3. The van der Waals surface area contributed by atoms with Gasteiger partial charge in [-0.2, -0.15) is 13.5 Å². The molecule has 3 unspecified atom stereocenters. The largest absolute Gasteiger partial charge is 0.457 e. The van der Waals surface area contributed by atoms with Crippen molar-refractivity contribution in [3.8, 4) is 11.5 Å². The van der Waals surface area contributed by atoms with Crippen LogP contribution in [-0.2, 0) is 20.7 Å². The molecule has 0 aromatic heterocycles. The van der Waals surface area contributed by atoms with Crippen molar-refractivity contribution in [1.29, 1.82) is 0 Å². The molecule has 0 radical (unpaired) electrons. The Kier molecular flexibility index (Phi) is 9.26. The summed E-state index contributed by atoms with van der Waals surface area (Å²) in [6.45, 7) is 3.76. The first-order chi connectivity index (χ1) is 19.0. The molecule has 0 saturated carbocycles. The van der Waals surface area contributed by atoms with Crippen LogP contribution in [0.15, 0.2) is 82.2 Å². The van der Waals surface area contributed by atoms with E-state index >= 15 is 8.78 Å². The van der Waals surface area contributed by atoms with Gasteiger partial charge in [0, 0.05) is 22.1 Å². The van der Waals surface area contributed by atoms with Crippen LogP contribution in [-0.4, -0.2) is 37.4 Å². The maximum atomic E-state index is 16.1. The van der Waals surface area contributed by atoms with Crippen molar-refractivity contribution in [2.45, 2.75) is 68.5 Å².